The van der Waals surface area contributed by atoms with Crippen molar-refractivity contribution >= 4 is 44.6 Å². The molecule has 1 aliphatic rings. The number of fused-ring (bicyclic) bond motifs is 1. The van der Waals surface area contributed by atoms with Crippen molar-refractivity contribution in [2.24, 2.45) is 0 Å². The maximum absolute atomic E-state index is 13.2. The number of hydrogen-bond donors (Lipinski definition) is 1. The minimum absolute atomic E-state index is 0.0497. The standard InChI is InChI=1S/C20H22ClN5O4S/c1-13-3-5-15(6-4-13)31(29,30)26-12-9-16-17(22-19(21)23-18(16)26)25-10-7-14(8-11-25)24(2)20(27)28/h3-6,9,12,14H,7-8,10-11H2,1-2H3,(H,27,28). The predicted octanol–water partition coefficient (Wildman–Crippen LogP) is 3.21. The van der Waals surface area contributed by atoms with E-state index < -0.39 is 16.1 Å². The molecule has 9 nitrogen and oxygen atoms in total. The molecule has 11 heteroatoms. The summed E-state index contributed by atoms with van der Waals surface area (Å²) in [7, 11) is -2.29. The Hall–Kier alpha value is -2.85. The van der Waals surface area contributed by atoms with Gasteiger partial charge in [-0.2, -0.15) is 9.97 Å². The van der Waals surface area contributed by atoms with E-state index in [0.29, 0.717) is 37.1 Å². The van der Waals surface area contributed by atoms with E-state index in [1.165, 1.54) is 11.1 Å². The number of nitrogens with zero attached hydrogens (tertiary/aromatic N) is 5. The number of hydrogen-bond acceptors (Lipinski definition) is 6. The van der Waals surface area contributed by atoms with Gasteiger partial charge in [0, 0.05) is 32.4 Å². The highest BCUT2D eigenvalue weighted by molar-refractivity contribution is 7.90. The summed E-state index contributed by atoms with van der Waals surface area (Å²) in [5.74, 6) is 0.546. The summed E-state index contributed by atoms with van der Waals surface area (Å²) < 4.78 is 27.5. The molecule has 1 aromatic carbocycles. The van der Waals surface area contributed by atoms with Crippen molar-refractivity contribution in [3.8, 4) is 0 Å². The van der Waals surface area contributed by atoms with Crippen LogP contribution >= 0.6 is 11.6 Å². The Labute approximate surface area is 184 Å². The quantitative estimate of drug-likeness (QED) is 0.591. The van der Waals surface area contributed by atoms with Gasteiger partial charge in [-0.05, 0) is 49.6 Å². The number of amides is 1. The molecule has 1 aliphatic heterocycles. The van der Waals surface area contributed by atoms with Crippen LogP contribution in [0.5, 0.6) is 0 Å². The van der Waals surface area contributed by atoms with Crippen molar-refractivity contribution in [2.75, 3.05) is 25.0 Å². The number of halogens is 1. The molecule has 1 amide bonds. The topological polar surface area (TPSA) is 109 Å². The fraction of sp³-hybridized carbons (Fsp3) is 0.350. The molecule has 3 aromatic rings. The van der Waals surface area contributed by atoms with Crippen LogP contribution in [0.15, 0.2) is 41.4 Å². The third-order valence-corrected chi connectivity index (χ3v) is 7.50. The Morgan fingerprint density at radius 1 is 1.16 bits per heavy atom. The number of aryl methyl sites for hydroxylation is 1. The zero-order valence-electron chi connectivity index (χ0n) is 17.1. The highest BCUT2D eigenvalue weighted by Gasteiger charge is 2.28. The average Bonchev–Trinajstić information content (AvgIpc) is 3.17. The Bertz CT molecular complexity index is 1230. The van der Waals surface area contributed by atoms with Crippen LogP contribution < -0.4 is 4.90 Å². The van der Waals surface area contributed by atoms with Crippen molar-refractivity contribution < 1.29 is 18.3 Å². The van der Waals surface area contributed by atoms with Crippen molar-refractivity contribution in [1.29, 1.82) is 0 Å². The molecule has 1 N–H and O–H groups in total. The van der Waals surface area contributed by atoms with E-state index in [4.69, 9.17) is 11.6 Å². The number of carboxylic acid groups (broad SMARTS) is 1. The van der Waals surface area contributed by atoms with Crippen molar-refractivity contribution in [1.82, 2.24) is 18.8 Å². The monoisotopic (exact) mass is 463 g/mol. The summed E-state index contributed by atoms with van der Waals surface area (Å²) in [5.41, 5.74) is 1.17. The Morgan fingerprint density at radius 3 is 2.42 bits per heavy atom. The number of aromatic nitrogens is 3. The van der Waals surface area contributed by atoms with Crippen LogP contribution in [0.1, 0.15) is 18.4 Å². The molecule has 1 fully saturated rings. The second-order valence-electron chi connectivity index (χ2n) is 7.59. The van der Waals surface area contributed by atoms with E-state index in [-0.39, 0.29) is 21.9 Å². The molecule has 0 unspecified atom stereocenters. The Balaban J connectivity index is 1.70. The lowest BCUT2D eigenvalue weighted by Crippen LogP contribution is -2.45. The van der Waals surface area contributed by atoms with Crippen LogP contribution in [0, 0.1) is 6.92 Å². The van der Waals surface area contributed by atoms with E-state index in [0.717, 1.165) is 9.54 Å². The normalized spacial score (nSPS) is 15.4. The van der Waals surface area contributed by atoms with Crippen LogP contribution in [-0.2, 0) is 10.0 Å². The fourth-order valence-corrected chi connectivity index (χ4v) is 5.29. The number of benzene rings is 1. The third kappa shape index (κ3) is 3.92. The van der Waals surface area contributed by atoms with Crippen LogP contribution in [0.4, 0.5) is 10.6 Å². The molecule has 0 aliphatic carbocycles. The minimum atomic E-state index is -3.86. The SMILES string of the molecule is Cc1ccc(S(=O)(=O)n2ccc3c(N4CCC(N(C)C(=O)O)CC4)nc(Cl)nc32)cc1. The largest absolute Gasteiger partial charge is 0.465 e. The Morgan fingerprint density at radius 2 is 1.81 bits per heavy atom. The van der Waals surface area contributed by atoms with Gasteiger partial charge in [-0.15, -0.1) is 0 Å². The first kappa shape index (κ1) is 21.4. The summed E-state index contributed by atoms with van der Waals surface area (Å²) in [4.78, 5) is 23.2. The lowest BCUT2D eigenvalue weighted by Gasteiger charge is -2.36. The molecule has 2 aromatic heterocycles. The lowest BCUT2D eigenvalue weighted by molar-refractivity contribution is 0.131. The van der Waals surface area contributed by atoms with Gasteiger partial charge in [0.05, 0.1) is 10.3 Å². The first-order valence-electron chi connectivity index (χ1n) is 9.76. The molecule has 0 spiro atoms. The smallest absolute Gasteiger partial charge is 0.407 e. The van der Waals surface area contributed by atoms with Gasteiger partial charge < -0.3 is 14.9 Å². The van der Waals surface area contributed by atoms with Gasteiger partial charge in [-0.1, -0.05) is 17.7 Å². The predicted molar refractivity (Wildman–Crippen MR) is 117 cm³/mol. The summed E-state index contributed by atoms with van der Waals surface area (Å²) in [6.07, 6.45) is 1.77. The summed E-state index contributed by atoms with van der Waals surface area (Å²) in [6.45, 7) is 3.03. The van der Waals surface area contributed by atoms with Gasteiger partial charge in [-0.3, -0.25) is 0 Å². The fourth-order valence-electron chi connectivity index (χ4n) is 3.83. The molecule has 0 atom stereocenters. The van der Waals surface area contributed by atoms with E-state index in [1.807, 2.05) is 11.8 Å². The molecule has 0 saturated carbocycles. The van der Waals surface area contributed by atoms with Crippen LogP contribution in [0.25, 0.3) is 11.0 Å². The highest BCUT2D eigenvalue weighted by Crippen LogP contribution is 2.31. The van der Waals surface area contributed by atoms with E-state index in [9.17, 15) is 18.3 Å². The second kappa shape index (κ2) is 8.01. The summed E-state index contributed by atoms with van der Waals surface area (Å²) in [5, 5.41) is 9.72. The maximum Gasteiger partial charge on any atom is 0.407 e. The molecule has 1 saturated heterocycles. The van der Waals surface area contributed by atoms with E-state index in [1.54, 1.807) is 37.4 Å². The lowest BCUT2D eigenvalue weighted by atomic mass is 10.0. The van der Waals surface area contributed by atoms with Gasteiger partial charge in [0.1, 0.15) is 5.82 Å². The first-order valence-corrected chi connectivity index (χ1v) is 11.6. The van der Waals surface area contributed by atoms with Crippen LogP contribution in [0.3, 0.4) is 0 Å². The van der Waals surface area contributed by atoms with Crippen LogP contribution in [0.2, 0.25) is 5.28 Å². The van der Waals surface area contributed by atoms with Gasteiger partial charge in [0.15, 0.2) is 5.65 Å². The maximum atomic E-state index is 13.2. The number of rotatable bonds is 4. The van der Waals surface area contributed by atoms with Crippen LogP contribution in [-0.4, -0.2) is 64.6 Å². The van der Waals surface area contributed by atoms with E-state index >= 15 is 0 Å². The molecule has 31 heavy (non-hydrogen) atoms. The zero-order chi connectivity index (χ0) is 22.3. The van der Waals surface area contributed by atoms with E-state index in [2.05, 4.69) is 9.97 Å². The van der Waals surface area contributed by atoms with Crippen molar-refractivity contribution in [3.05, 3.63) is 47.4 Å². The molecule has 4 rings (SSSR count). The highest BCUT2D eigenvalue weighted by atomic mass is 35.5. The van der Waals surface area contributed by atoms with Gasteiger partial charge in [-0.25, -0.2) is 17.2 Å². The number of anilines is 1. The summed E-state index contributed by atoms with van der Waals surface area (Å²) in [6, 6.07) is 8.19. The number of piperidine rings is 1. The molecule has 0 radical (unpaired) electrons. The zero-order valence-corrected chi connectivity index (χ0v) is 18.6. The molecule has 0 bridgehead atoms. The summed E-state index contributed by atoms with van der Waals surface area (Å²) >= 11 is 6.17. The molecular weight excluding hydrogens is 442 g/mol. The second-order valence-corrected chi connectivity index (χ2v) is 9.75. The average molecular weight is 464 g/mol. The van der Waals surface area contributed by atoms with Gasteiger partial charge in [0.25, 0.3) is 10.0 Å². The first-order chi connectivity index (χ1) is 14.7. The molecular formula is C20H22ClN5O4S. The molecule has 164 valence electrons. The minimum Gasteiger partial charge on any atom is -0.465 e. The van der Waals surface area contributed by atoms with Crippen molar-refractivity contribution in [3.63, 3.8) is 0 Å². The number of carbonyl (C=O) groups is 1. The van der Waals surface area contributed by atoms with Crippen molar-refractivity contribution in [2.45, 2.75) is 30.7 Å². The third-order valence-electron chi connectivity index (χ3n) is 5.65. The van der Waals surface area contributed by atoms with Gasteiger partial charge in [0.2, 0.25) is 5.28 Å². The van der Waals surface area contributed by atoms with Gasteiger partial charge >= 0.3 is 6.09 Å². The Kier molecular flexibility index (Phi) is 5.52. The molecule has 3 heterocycles.